The summed E-state index contributed by atoms with van der Waals surface area (Å²) < 4.78 is 10.9. The van der Waals surface area contributed by atoms with Gasteiger partial charge in [-0.3, -0.25) is 4.99 Å². The smallest absolute Gasteiger partial charge is 0.191 e. The second-order valence-corrected chi connectivity index (χ2v) is 8.49. The molecule has 2 aliphatic heterocycles. The first-order chi connectivity index (χ1) is 15.2. The molecule has 2 N–H and O–H groups in total. The van der Waals surface area contributed by atoms with Crippen LogP contribution >= 0.6 is 24.0 Å². The van der Waals surface area contributed by atoms with Crippen LogP contribution in [0.3, 0.4) is 0 Å². The summed E-state index contributed by atoms with van der Waals surface area (Å²) in [5.41, 5.74) is 1.16. The highest BCUT2D eigenvalue weighted by atomic mass is 127. The second kappa shape index (κ2) is 14.7. The molecule has 3 rings (SSSR count). The van der Waals surface area contributed by atoms with E-state index in [1.54, 1.807) is 14.2 Å². The van der Waals surface area contributed by atoms with Gasteiger partial charge in [0.15, 0.2) is 5.96 Å². The minimum absolute atomic E-state index is 0. The zero-order chi connectivity index (χ0) is 21.9. The van der Waals surface area contributed by atoms with Crippen molar-refractivity contribution in [1.82, 2.24) is 15.5 Å². The molecule has 0 atom stereocenters. The minimum atomic E-state index is 0. The van der Waals surface area contributed by atoms with Crippen LogP contribution in [0, 0.1) is 0 Å². The van der Waals surface area contributed by atoms with Crippen LogP contribution in [0.2, 0.25) is 0 Å². The number of anilines is 1. The number of guanidine groups is 1. The van der Waals surface area contributed by atoms with E-state index in [9.17, 15) is 0 Å². The first kappa shape index (κ1) is 26.8. The van der Waals surface area contributed by atoms with E-state index < -0.39 is 0 Å². The summed E-state index contributed by atoms with van der Waals surface area (Å²) in [6, 6.07) is 6.54. The largest absolute Gasteiger partial charge is 0.497 e. The van der Waals surface area contributed by atoms with Crippen molar-refractivity contribution in [2.24, 2.45) is 4.99 Å². The van der Waals surface area contributed by atoms with Gasteiger partial charge in [-0.05, 0) is 45.7 Å². The number of nitrogens with one attached hydrogen (secondary N) is 2. The molecule has 0 saturated carbocycles. The van der Waals surface area contributed by atoms with Crippen molar-refractivity contribution < 1.29 is 9.47 Å². The van der Waals surface area contributed by atoms with E-state index in [2.05, 4.69) is 39.5 Å². The van der Waals surface area contributed by atoms with E-state index in [0.717, 1.165) is 68.7 Å². The number of ether oxygens (including phenoxy) is 2. The van der Waals surface area contributed by atoms with Crippen LogP contribution in [0.4, 0.5) is 5.69 Å². The van der Waals surface area contributed by atoms with Crippen molar-refractivity contribution in [2.45, 2.75) is 51.5 Å². The van der Waals surface area contributed by atoms with Crippen LogP contribution < -0.4 is 25.0 Å². The summed E-state index contributed by atoms with van der Waals surface area (Å²) in [6.07, 6.45) is 7.59. The fraction of sp³-hybridized carbons (Fsp3) is 0.708. The van der Waals surface area contributed by atoms with E-state index >= 15 is 0 Å². The Morgan fingerprint density at radius 1 is 0.969 bits per heavy atom. The SMILES string of the molecule is CCNC(=NCCN1CCCCCC1)NC1CCN(c2cc(OC)cc(OC)c2)CC1.I. The van der Waals surface area contributed by atoms with Gasteiger partial charge in [0.25, 0.3) is 0 Å². The zero-order valence-corrected chi connectivity index (χ0v) is 22.4. The predicted octanol–water partition coefficient (Wildman–Crippen LogP) is 3.72. The zero-order valence-electron chi connectivity index (χ0n) is 20.1. The molecule has 32 heavy (non-hydrogen) atoms. The summed E-state index contributed by atoms with van der Waals surface area (Å²) in [7, 11) is 3.40. The Labute approximate surface area is 211 Å². The first-order valence-electron chi connectivity index (χ1n) is 12.0. The minimum Gasteiger partial charge on any atom is -0.497 e. The number of nitrogens with zero attached hydrogens (tertiary/aromatic N) is 3. The van der Waals surface area contributed by atoms with Crippen LogP contribution in [0.15, 0.2) is 23.2 Å². The lowest BCUT2D eigenvalue weighted by Gasteiger charge is -2.35. The maximum atomic E-state index is 5.43. The number of rotatable bonds is 8. The molecule has 0 bridgehead atoms. The molecular weight excluding hydrogens is 517 g/mol. The number of hydrogen-bond acceptors (Lipinski definition) is 5. The van der Waals surface area contributed by atoms with Gasteiger partial charge in [-0.2, -0.15) is 0 Å². The second-order valence-electron chi connectivity index (χ2n) is 8.49. The first-order valence-corrected chi connectivity index (χ1v) is 12.0. The Morgan fingerprint density at radius 2 is 1.59 bits per heavy atom. The normalized spacial score (nSPS) is 18.5. The molecule has 0 radical (unpaired) electrons. The maximum absolute atomic E-state index is 5.43. The summed E-state index contributed by atoms with van der Waals surface area (Å²) in [6.45, 7) is 9.40. The lowest BCUT2D eigenvalue weighted by molar-refractivity contribution is 0.293. The molecule has 8 heteroatoms. The molecule has 1 aromatic rings. The Hall–Kier alpha value is -1.42. The van der Waals surface area contributed by atoms with Crippen molar-refractivity contribution in [3.05, 3.63) is 18.2 Å². The van der Waals surface area contributed by atoms with Crippen LogP contribution in [0.5, 0.6) is 11.5 Å². The molecule has 0 aromatic heterocycles. The Balaban J connectivity index is 0.00000363. The lowest BCUT2D eigenvalue weighted by atomic mass is 10.0. The third kappa shape index (κ3) is 8.50. The number of hydrogen-bond donors (Lipinski definition) is 2. The number of benzene rings is 1. The van der Waals surface area contributed by atoms with E-state index in [1.165, 1.54) is 38.8 Å². The van der Waals surface area contributed by atoms with Crippen LogP contribution in [0.1, 0.15) is 45.4 Å². The van der Waals surface area contributed by atoms with Gasteiger partial charge in [-0.1, -0.05) is 12.8 Å². The third-order valence-electron chi connectivity index (χ3n) is 6.27. The van der Waals surface area contributed by atoms with Crippen molar-refractivity contribution in [1.29, 1.82) is 0 Å². The highest BCUT2D eigenvalue weighted by molar-refractivity contribution is 14.0. The molecule has 7 nitrogen and oxygen atoms in total. The molecule has 2 saturated heterocycles. The molecule has 2 heterocycles. The molecule has 182 valence electrons. The van der Waals surface area contributed by atoms with Crippen molar-refractivity contribution in [2.75, 3.05) is 64.9 Å². The summed E-state index contributed by atoms with van der Waals surface area (Å²) in [5.74, 6) is 2.62. The van der Waals surface area contributed by atoms with Gasteiger partial charge in [0.1, 0.15) is 11.5 Å². The van der Waals surface area contributed by atoms with Crippen LogP contribution in [-0.4, -0.2) is 76.9 Å². The van der Waals surface area contributed by atoms with E-state index in [1.807, 2.05) is 6.07 Å². The number of piperidine rings is 1. The van der Waals surface area contributed by atoms with Gasteiger partial charge in [0.05, 0.1) is 20.8 Å². The van der Waals surface area contributed by atoms with Crippen LogP contribution in [-0.2, 0) is 0 Å². The number of halogens is 1. The predicted molar refractivity (Wildman–Crippen MR) is 144 cm³/mol. The molecule has 0 aliphatic carbocycles. The molecule has 2 fully saturated rings. The number of methoxy groups -OCH3 is 2. The summed E-state index contributed by atoms with van der Waals surface area (Å²) in [4.78, 5) is 9.84. The van der Waals surface area contributed by atoms with Gasteiger partial charge in [0, 0.05) is 56.1 Å². The topological polar surface area (TPSA) is 61.4 Å². The van der Waals surface area contributed by atoms with E-state index in [0.29, 0.717) is 6.04 Å². The molecular formula is C24H42IN5O2. The van der Waals surface area contributed by atoms with Crippen molar-refractivity contribution in [3.63, 3.8) is 0 Å². The van der Waals surface area contributed by atoms with Gasteiger partial charge in [0.2, 0.25) is 0 Å². The molecule has 2 aliphatic rings. The Bertz CT molecular complexity index is 665. The maximum Gasteiger partial charge on any atom is 0.191 e. The standard InChI is InChI=1S/C24H41N5O2.HI/c1-4-25-24(26-11-16-28-12-7-5-6-8-13-28)27-20-9-14-29(15-10-20)21-17-22(30-2)19-23(18-21)31-3;/h17-20H,4-16H2,1-3H3,(H2,25,26,27);1H. The molecule has 0 unspecified atom stereocenters. The van der Waals surface area contributed by atoms with Crippen LogP contribution in [0.25, 0.3) is 0 Å². The number of aliphatic imine (C=N–C) groups is 1. The van der Waals surface area contributed by atoms with Gasteiger partial charge < -0.3 is 29.9 Å². The summed E-state index contributed by atoms with van der Waals surface area (Å²) in [5, 5.41) is 7.10. The molecule has 0 spiro atoms. The average Bonchev–Trinajstić information content (AvgIpc) is 3.08. The van der Waals surface area contributed by atoms with E-state index in [4.69, 9.17) is 14.5 Å². The Morgan fingerprint density at radius 3 is 2.16 bits per heavy atom. The molecule has 1 aromatic carbocycles. The average molecular weight is 560 g/mol. The number of likely N-dealkylation sites (tertiary alicyclic amines) is 1. The monoisotopic (exact) mass is 559 g/mol. The fourth-order valence-corrected chi connectivity index (χ4v) is 4.43. The highest BCUT2D eigenvalue weighted by Gasteiger charge is 2.21. The van der Waals surface area contributed by atoms with Crippen molar-refractivity contribution in [3.8, 4) is 11.5 Å². The molecule has 0 amide bonds. The van der Waals surface area contributed by atoms with Crippen molar-refractivity contribution >= 4 is 35.6 Å². The van der Waals surface area contributed by atoms with Gasteiger partial charge >= 0.3 is 0 Å². The summed E-state index contributed by atoms with van der Waals surface area (Å²) >= 11 is 0. The van der Waals surface area contributed by atoms with E-state index in [-0.39, 0.29) is 24.0 Å². The highest BCUT2D eigenvalue weighted by Crippen LogP contribution is 2.30. The Kier molecular flexibility index (Phi) is 12.3. The quantitative estimate of drug-likeness (QED) is 0.288. The fourth-order valence-electron chi connectivity index (χ4n) is 4.43. The third-order valence-corrected chi connectivity index (χ3v) is 6.27. The van der Waals surface area contributed by atoms with Gasteiger partial charge in [-0.15, -0.1) is 24.0 Å². The lowest BCUT2D eigenvalue weighted by Crippen LogP contribution is -2.49. The van der Waals surface area contributed by atoms with Gasteiger partial charge in [-0.25, -0.2) is 0 Å².